The van der Waals surface area contributed by atoms with Crippen LogP contribution in [0.25, 0.3) is 0 Å². The topological polar surface area (TPSA) is 70.0 Å². The van der Waals surface area contributed by atoms with E-state index in [1.165, 1.54) is 19.3 Å². The molecule has 0 amide bonds. The van der Waals surface area contributed by atoms with E-state index in [0.717, 1.165) is 0 Å². The summed E-state index contributed by atoms with van der Waals surface area (Å²) < 4.78 is 0. The first-order valence-corrected chi connectivity index (χ1v) is 1.50. The van der Waals surface area contributed by atoms with Gasteiger partial charge in [-0.1, -0.05) is 19.3 Å². The molecule has 0 aliphatic heterocycles. The molecule has 6 heteroatoms. The molecular formula is C3H16N2Na4. The summed E-state index contributed by atoms with van der Waals surface area (Å²) in [6.07, 6.45) is 4.50. The Balaban J connectivity index is -0.00000000112. The van der Waals surface area contributed by atoms with E-state index >= 15 is 0 Å². The van der Waals surface area contributed by atoms with Gasteiger partial charge in [0, 0.05) is 0 Å². The summed E-state index contributed by atoms with van der Waals surface area (Å²) in [6.45, 7) is 0. The van der Waals surface area contributed by atoms with E-state index in [1.54, 1.807) is 0 Å². The smallest absolute Gasteiger partial charge is 1.00 e. The van der Waals surface area contributed by atoms with Gasteiger partial charge in [0.1, 0.15) is 0 Å². The van der Waals surface area contributed by atoms with Crippen molar-refractivity contribution in [3.63, 3.8) is 0 Å². The molecule has 42 valence electrons. The molecule has 0 unspecified atom stereocenters. The predicted molar refractivity (Wildman–Crippen MR) is 28.3 cm³/mol. The molecule has 0 heterocycles. The van der Waals surface area contributed by atoms with Crippen LogP contribution in [0.4, 0.5) is 0 Å². The van der Waals surface area contributed by atoms with Crippen molar-refractivity contribution in [2.75, 3.05) is 0 Å². The van der Waals surface area contributed by atoms with Crippen molar-refractivity contribution in [3.05, 3.63) is 0 Å². The maximum absolute atomic E-state index is 1.50. The van der Waals surface area contributed by atoms with E-state index in [9.17, 15) is 0 Å². The van der Waals surface area contributed by atoms with E-state index in [-0.39, 0.29) is 136 Å². The molecule has 2 nitrogen and oxygen atoms in total. The fourth-order valence-electron chi connectivity index (χ4n) is 0. The second-order valence-corrected chi connectivity index (χ2v) is 1.06. The first-order valence-electron chi connectivity index (χ1n) is 1.50. The molecule has 0 aromatic heterocycles. The quantitative estimate of drug-likeness (QED) is 0.356. The zero-order valence-electron chi connectivity index (χ0n) is 11.5. The van der Waals surface area contributed by atoms with E-state index in [4.69, 9.17) is 0 Å². The van der Waals surface area contributed by atoms with Crippen LogP contribution in [0.5, 0.6) is 0 Å². The van der Waals surface area contributed by atoms with Gasteiger partial charge in [0.15, 0.2) is 0 Å². The number of hydrogen-bond donors (Lipinski definition) is 2. The molecule has 1 aliphatic carbocycles. The van der Waals surface area contributed by atoms with Gasteiger partial charge in [-0.3, -0.25) is 0 Å². The molecule has 1 aliphatic rings. The Morgan fingerprint density at radius 2 is 0.667 bits per heavy atom. The third-order valence-corrected chi connectivity index (χ3v) is 0.354. The zero-order valence-corrected chi connectivity index (χ0v) is 15.5. The molecule has 0 saturated heterocycles. The van der Waals surface area contributed by atoms with Gasteiger partial charge in [0.2, 0.25) is 0 Å². The summed E-state index contributed by atoms with van der Waals surface area (Å²) in [5.41, 5.74) is 0. The molecule has 0 spiro atoms. The summed E-state index contributed by atoms with van der Waals surface area (Å²) in [5, 5.41) is 0. The van der Waals surface area contributed by atoms with Gasteiger partial charge in [0.25, 0.3) is 0 Å². The molecule has 0 aromatic carbocycles. The fourth-order valence-corrected chi connectivity index (χ4v) is 0. The minimum Gasteiger partial charge on any atom is -1.00 e. The molecule has 0 radical (unpaired) electrons. The van der Waals surface area contributed by atoms with Crippen LogP contribution in [0.1, 0.15) is 25.0 Å². The molecule has 0 aromatic rings. The Morgan fingerprint density at radius 3 is 0.667 bits per heavy atom. The van der Waals surface area contributed by atoms with Gasteiger partial charge in [-0.2, -0.15) is 0 Å². The molecule has 9 heavy (non-hydrogen) atoms. The molecule has 1 saturated carbocycles. The van der Waals surface area contributed by atoms with E-state index in [1.807, 2.05) is 0 Å². The zero-order chi connectivity index (χ0) is 2.12. The summed E-state index contributed by atoms with van der Waals surface area (Å²) in [6, 6.07) is 0. The largest absolute Gasteiger partial charge is 1.00 e. The summed E-state index contributed by atoms with van der Waals surface area (Å²) >= 11 is 0. The Morgan fingerprint density at radius 1 is 0.556 bits per heavy atom. The number of rotatable bonds is 0. The van der Waals surface area contributed by atoms with Crippen LogP contribution in [0.2, 0.25) is 0 Å². The third-order valence-electron chi connectivity index (χ3n) is 0.354. The van der Waals surface area contributed by atoms with Crippen LogP contribution in [-0.4, -0.2) is 0 Å². The van der Waals surface area contributed by atoms with E-state index in [0.29, 0.717) is 0 Å². The SMILES string of the molecule is C1CC1.N.N.[H-].[H-].[H-].[H-].[Na+].[Na+].[Na+].[Na+]. The minimum absolute atomic E-state index is 0. The normalized spacial score (nSPS) is 8.00. The van der Waals surface area contributed by atoms with Gasteiger partial charge in [-0.15, -0.1) is 0 Å². The first kappa shape index (κ1) is 38.3. The second kappa shape index (κ2) is 29.7. The van der Waals surface area contributed by atoms with Crippen LogP contribution in [-0.2, 0) is 0 Å². The molecule has 1 fully saturated rings. The molecule has 0 atom stereocenters. The first-order chi connectivity index (χ1) is 1.50. The van der Waals surface area contributed by atoms with Crippen molar-refractivity contribution in [3.8, 4) is 0 Å². The van der Waals surface area contributed by atoms with E-state index < -0.39 is 0 Å². The van der Waals surface area contributed by atoms with Crippen molar-refractivity contribution in [1.29, 1.82) is 0 Å². The Hall–Kier alpha value is 3.92. The minimum atomic E-state index is 0. The van der Waals surface area contributed by atoms with Gasteiger partial charge in [-0.05, 0) is 0 Å². The van der Waals surface area contributed by atoms with Crippen molar-refractivity contribution in [2.45, 2.75) is 19.3 Å². The third kappa shape index (κ3) is 48.5. The number of hydrogen-bond acceptors (Lipinski definition) is 2. The Bertz CT molecular complexity index is 30.1. The summed E-state index contributed by atoms with van der Waals surface area (Å²) in [4.78, 5) is 0. The molecule has 0 bridgehead atoms. The average Bonchev–Trinajstić information content (AvgIpc) is 1.46. The van der Waals surface area contributed by atoms with Gasteiger partial charge in [-0.25, -0.2) is 0 Å². The van der Waals surface area contributed by atoms with Crippen LogP contribution < -0.4 is 131 Å². The van der Waals surface area contributed by atoms with Crippen molar-refractivity contribution in [1.82, 2.24) is 12.3 Å². The van der Waals surface area contributed by atoms with E-state index in [2.05, 4.69) is 0 Å². The Labute approximate surface area is 152 Å². The van der Waals surface area contributed by atoms with Crippen molar-refractivity contribution in [2.24, 2.45) is 0 Å². The second-order valence-electron chi connectivity index (χ2n) is 1.06. The maximum Gasteiger partial charge on any atom is 1.00 e. The van der Waals surface area contributed by atoms with Crippen molar-refractivity contribution >= 4 is 0 Å². The van der Waals surface area contributed by atoms with Crippen LogP contribution in [0.15, 0.2) is 0 Å². The maximum atomic E-state index is 1.50. The molecular weight excluding hydrogens is 156 g/mol. The predicted octanol–water partition coefficient (Wildman–Crippen LogP) is -10.0. The van der Waals surface area contributed by atoms with Gasteiger partial charge >= 0.3 is 118 Å². The monoisotopic (exact) mass is 172 g/mol. The Kier molecular flexibility index (Phi) is 126. The van der Waals surface area contributed by atoms with Crippen molar-refractivity contribution < 1.29 is 124 Å². The van der Waals surface area contributed by atoms with Gasteiger partial charge in [0.05, 0.1) is 0 Å². The van der Waals surface area contributed by atoms with Crippen LogP contribution in [0, 0.1) is 0 Å². The van der Waals surface area contributed by atoms with Crippen LogP contribution >= 0.6 is 0 Å². The summed E-state index contributed by atoms with van der Waals surface area (Å²) in [5.74, 6) is 0. The fraction of sp³-hybridized carbons (Fsp3) is 1.00. The molecule has 1 rings (SSSR count). The average molecular weight is 172 g/mol. The summed E-state index contributed by atoms with van der Waals surface area (Å²) in [7, 11) is 0. The van der Waals surface area contributed by atoms with Gasteiger partial charge < -0.3 is 18.0 Å². The molecule has 6 N–H and O–H groups in total. The van der Waals surface area contributed by atoms with Crippen LogP contribution in [0.3, 0.4) is 0 Å². The standard InChI is InChI=1S/C3H6.2H3N.4Na.4H/c1-2-3-1;;;;;;;;;;/h1-3H2;2*1H3;;;;;;;;/q;;;4*+1;4*-1.